The van der Waals surface area contributed by atoms with Crippen molar-refractivity contribution in [2.75, 3.05) is 25.0 Å². The van der Waals surface area contributed by atoms with Gasteiger partial charge in [-0.15, -0.1) is 0 Å². The lowest BCUT2D eigenvalue weighted by atomic mass is 10.0. The Kier molecular flexibility index (Phi) is 4.79. The zero-order valence-corrected chi connectivity index (χ0v) is 15.4. The van der Waals surface area contributed by atoms with Crippen LogP contribution in [0.2, 0.25) is 0 Å². The molecule has 3 rings (SSSR count). The predicted molar refractivity (Wildman–Crippen MR) is 98.8 cm³/mol. The number of anilines is 1. The second-order valence-electron chi connectivity index (χ2n) is 7.55. The predicted octanol–water partition coefficient (Wildman–Crippen LogP) is 3.47. The van der Waals surface area contributed by atoms with Crippen molar-refractivity contribution >= 4 is 22.9 Å². The van der Waals surface area contributed by atoms with Gasteiger partial charge in [0, 0.05) is 26.2 Å². The lowest BCUT2D eigenvalue weighted by Crippen LogP contribution is -2.50. The van der Waals surface area contributed by atoms with E-state index in [-0.39, 0.29) is 12.1 Å². The number of carbonyl (C=O) groups excluding carboxylic acids is 1. The molecule has 0 saturated carbocycles. The number of aromatic nitrogens is 2. The van der Waals surface area contributed by atoms with Gasteiger partial charge < -0.3 is 14.5 Å². The first-order valence-electron chi connectivity index (χ1n) is 8.76. The molecule has 6 nitrogen and oxygen atoms in total. The first-order chi connectivity index (χ1) is 11.8. The molecule has 6 heteroatoms. The number of carbonyl (C=O) groups is 1. The van der Waals surface area contributed by atoms with E-state index in [0.717, 1.165) is 36.2 Å². The molecule has 2 heterocycles. The van der Waals surface area contributed by atoms with E-state index in [4.69, 9.17) is 9.72 Å². The highest BCUT2D eigenvalue weighted by Gasteiger charge is 2.30. The summed E-state index contributed by atoms with van der Waals surface area (Å²) in [4.78, 5) is 25.5. The summed E-state index contributed by atoms with van der Waals surface area (Å²) in [6.45, 7) is 7.05. The molecule has 1 aliphatic heterocycles. The van der Waals surface area contributed by atoms with Gasteiger partial charge in [-0.1, -0.05) is 12.1 Å². The zero-order chi connectivity index (χ0) is 18.0. The van der Waals surface area contributed by atoms with E-state index in [1.54, 1.807) is 11.1 Å². The second kappa shape index (κ2) is 6.86. The molecule has 0 radical (unpaired) electrons. The smallest absolute Gasteiger partial charge is 0.410 e. The topological polar surface area (TPSA) is 58.6 Å². The van der Waals surface area contributed by atoms with Crippen LogP contribution in [0.5, 0.6) is 0 Å². The molecule has 0 N–H and O–H groups in total. The summed E-state index contributed by atoms with van der Waals surface area (Å²) >= 11 is 0. The van der Waals surface area contributed by atoms with Crippen LogP contribution in [-0.2, 0) is 4.74 Å². The fraction of sp³-hybridized carbons (Fsp3) is 0.526. The van der Waals surface area contributed by atoms with Crippen molar-refractivity contribution in [1.82, 2.24) is 14.9 Å². The van der Waals surface area contributed by atoms with Crippen LogP contribution in [0.25, 0.3) is 11.0 Å². The number of likely N-dealkylation sites (tertiary alicyclic amines) is 1. The number of rotatable bonds is 2. The maximum Gasteiger partial charge on any atom is 0.410 e. The Morgan fingerprint density at radius 3 is 2.72 bits per heavy atom. The SMILES string of the molecule is CN(c1cnc2ccccc2n1)[C@H]1CCCN(C(=O)OC(C)(C)C)C1. The number of fused-ring (bicyclic) bond motifs is 1. The Hall–Kier alpha value is -2.37. The molecular weight excluding hydrogens is 316 g/mol. The molecule has 134 valence electrons. The molecule has 1 atom stereocenters. The first kappa shape index (κ1) is 17.5. The van der Waals surface area contributed by atoms with Gasteiger partial charge >= 0.3 is 6.09 Å². The highest BCUT2D eigenvalue weighted by atomic mass is 16.6. The number of amides is 1. The Morgan fingerprint density at radius 1 is 1.28 bits per heavy atom. The lowest BCUT2D eigenvalue weighted by molar-refractivity contribution is 0.0199. The fourth-order valence-corrected chi connectivity index (χ4v) is 3.07. The summed E-state index contributed by atoms with van der Waals surface area (Å²) in [7, 11) is 2.02. The summed E-state index contributed by atoms with van der Waals surface area (Å²) in [6.07, 6.45) is 3.53. The van der Waals surface area contributed by atoms with E-state index in [1.165, 1.54) is 0 Å². The van der Waals surface area contributed by atoms with Gasteiger partial charge in [-0.25, -0.2) is 9.78 Å². The molecule has 1 aromatic carbocycles. The van der Waals surface area contributed by atoms with E-state index in [2.05, 4.69) is 9.88 Å². The maximum atomic E-state index is 12.4. The second-order valence-corrected chi connectivity index (χ2v) is 7.55. The van der Waals surface area contributed by atoms with Crippen molar-refractivity contribution in [3.05, 3.63) is 30.5 Å². The molecule has 0 unspecified atom stereocenters. The highest BCUT2D eigenvalue weighted by Crippen LogP contribution is 2.22. The minimum absolute atomic E-state index is 0.205. The molecule has 25 heavy (non-hydrogen) atoms. The minimum atomic E-state index is -0.472. The number of ether oxygens (including phenoxy) is 1. The molecule has 0 spiro atoms. The first-order valence-corrected chi connectivity index (χ1v) is 8.76. The van der Waals surface area contributed by atoms with E-state index in [1.807, 2.05) is 52.1 Å². The van der Waals surface area contributed by atoms with Crippen LogP contribution in [0.1, 0.15) is 33.6 Å². The monoisotopic (exact) mass is 342 g/mol. The average molecular weight is 342 g/mol. The van der Waals surface area contributed by atoms with Gasteiger partial charge in [0.05, 0.1) is 17.2 Å². The van der Waals surface area contributed by atoms with Crippen molar-refractivity contribution in [2.24, 2.45) is 0 Å². The normalized spacial score (nSPS) is 18.2. The molecule has 2 aromatic rings. The Morgan fingerprint density at radius 2 is 2.00 bits per heavy atom. The fourth-order valence-electron chi connectivity index (χ4n) is 3.07. The van der Waals surface area contributed by atoms with E-state index < -0.39 is 5.60 Å². The highest BCUT2D eigenvalue weighted by molar-refractivity contribution is 5.75. The third kappa shape index (κ3) is 4.18. The van der Waals surface area contributed by atoms with E-state index in [0.29, 0.717) is 6.54 Å². The van der Waals surface area contributed by atoms with Crippen LogP contribution in [0.4, 0.5) is 10.6 Å². The quantitative estimate of drug-likeness (QED) is 0.836. The van der Waals surface area contributed by atoms with E-state index >= 15 is 0 Å². The average Bonchev–Trinajstić information content (AvgIpc) is 2.59. The van der Waals surface area contributed by atoms with E-state index in [9.17, 15) is 4.79 Å². The summed E-state index contributed by atoms with van der Waals surface area (Å²) in [5.41, 5.74) is 1.30. The van der Waals surface area contributed by atoms with Crippen LogP contribution in [0.15, 0.2) is 30.5 Å². The van der Waals surface area contributed by atoms with Crippen molar-refractivity contribution in [1.29, 1.82) is 0 Å². The molecule has 0 aliphatic carbocycles. The van der Waals surface area contributed by atoms with Crippen LogP contribution in [-0.4, -0.2) is 52.7 Å². The van der Waals surface area contributed by atoms with Crippen LogP contribution >= 0.6 is 0 Å². The van der Waals surface area contributed by atoms with Gasteiger partial charge in [-0.05, 0) is 45.7 Å². The van der Waals surface area contributed by atoms with Crippen LogP contribution in [0.3, 0.4) is 0 Å². The molecule has 1 aromatic heterocycles. The summed E-state index contributed by atoms with van der Waals surface area (Å²) in [5, 5.41) is 0. The zero-order valence-electron chi connectivity index (χ0n) is 15.4. The molecule has 0 bridgehead atoms. The van der Waals surface area contributed by atoms with Gasteiger partial charge in [0.1, 0.15) is 11.4 Å². The number of likely N-dealkylation sites (N-methyl/N-ethyl adjacent to an activating group) is 1. The number of benzene rings is 1. The van der Waals surface area contributed by atoms with Crippen LogP contribution < -0.4 is 4.90 Å². The Bertz CT molecular complexity index is 756. The van der Waals surface area contributed by atoms with Gasteiger partial charge in [0.15, 0.2) is 0 Å². The van der Waals surface area contributed by atoms with Crippen molar-refractivity contribution < 1.29 is 9.53 Å². The molecular formula is C19H26N4O2. The van der Waals surface area contributed by atoms with Crippen molar-refractivity contribution in [2.45, 2.75) is 45.3 Å². The molecule has 1 saturated heterocycles. The van der Waals surface area contributed by atoms with Crippen molar-refractivity contribution in [3.63, 3.8) is 0 Å². The number of piperidine rings is 1. The third-order valence-electron chi connectivity index (χ3n) is 4.39. The lowest BCUT2D eigenvalue weighted by Gasteiger charge is -2.38. The summed E-state index contributed by atoms with van der Waals surface area (Å²) < 4.78 is 5.51. The van der Waals surface area contributed by atoms with Crippen LogP contribution in [0, 0.1) is 0 Å². The van der Waals surface area contributed by atoms with Gasteiger partial charge in [0.25, 0.3) is 0 Å². The third-order valence-corrected chi connectivity index (χ3v) is 4.39. The van der Waals surface area contributed by atoms with Gasteiger partial charge in [-0.3, -0.25) is 4.98 Å². The Balaban J connectivity index is 1.72. The minimum Gasteiger partial charge on any atom is -0.444 e. The summed E-state index contributed by atoms with van der Waals surface area (Å²) in [6, 6.07) is 8.05. The molecule has 1 fully saturated rings. The summed E-state index contributed by atoms with van der Waals surface area (Å²) in [5.74, 6) is 0.828. The number of nitrogens with zero attached hydrogens (tertiary/aromatic N) is 4. The largest absolute Gasteiger partial charge is 0.444 e. The Labute approximate surface area is 148 Å². The van der Waals surface area contributed by atoms with Crippen molar-refractivity contribution in [3.8, 4) is 0 Å². The number of hydrogen-bond donors (Lipinski definition) is 0. The number of para-hydroxylation sites is 2. The number of hydrogen-bond acceptors (Lipinski definition) is 5. The molecule has 1 amide bonds. The maximum absolute atomic E-state index is 12.4. The van der Waals surface area contributed by atoms with Gasteiger partial charge in [0.2, 0.25) is 0 Å². The standard InChI is InChI=1S/C19H26N4O2/c1-19(2,3)25-18(24)23-11-7-8-14(13-23)22(4)17-12-20-15-9-5-6-10-16(15)21-17/h5-6,9-10,12,14H,7-8,11,13H2,1-4H3/t14-/m0/s1. The molecule has 1 aliphatic rings. The van der Waals surface area contributed by atoms with Gasteiger partial charge in [-0.2, -0.15) is 0 Å².